The van der Waals surface area contributed by atoms with E-state index < -0.39 is 11.6 Å². The Balaban J connectivity index is 1.47. The summed E-state index contributed by atoms with van der Waals surface area (Å²) in [5.41, 5.74) is 2.82. The Morgan fingerprint density at radius 1 is 0.524 bits per heavy atom. The Kier molecular flexibility index (Phi) is 6.52. The number of Topliss-reactive ketones (excluding diaryl/α,β-unsaturated/α-hetero) is 2. The number of hydrogen-bond acceptors (Lipinski definition) is 6. The lowest BCUT2D eigenvalue weighted by molar-refractivity contribution is 0.0989. The van der Waals surface area contributed by atoms with Gasteiger partial charge in [-0.2, -0.15) is 0 Å². The van der Waals surface area contributed by atoms with Crippen molar-refractivity contribution in [1.29, 1.82) is 0 Å². The Labute approximate surface area is 260 Å². The molecule has 7 rings (SSSR count). The third-order valence-electron chi connectivity index (χ3n) is 7.05. The van der Waals surface area contributed by atoms with Crippen LogP contribution in [0.15, 0.2) is 108 Å². The van der Waals surface area contributed by atoms with Gasteiger partial charge in [-0.1, -0.05) is 94.9 Å². The molecule has 1 aromatic heterocycles. The first-order valence-electron chi connectivity index (χ1n) is 12.7. The highest BCUT2D eigenvalue weighted by molar-refractivity contribution is 6.57. The fraction of sp³-hybridized carbons (Fsp3) is 0. The molecule has 2 aliphatic rings. The highest BCUT2D eigenvalue weighted by atomic mass is 35.5. The van der Waals surface area contributed by atoms with Crippen molar-refractivity contribution in [2.24, 2.45) is 0 Å². The molecule has 0 atom stereocenters. The van der Waals surface area contributed by atoms with E-state index in [2.05, 4.69) is 0 Å². The monoisotopic (exact) mass is 628 g/mol. The van der Waals surface area contributed by atoms with Crippen LogP contribution in [0.25, 0.3) is 11.0 Å². The number of hydrogen-bond donors (Lipinski definition) is 0. The van der Waals surface area contributed by atoms with Gasteiger partial charge in [0.05, 0.1) is 47.8 Å². The van der Waals surface area contributed by atoms with E-state index in [-0.39, 0.29) is 36.8 Å². The fourth-order valence-corrected chi connectivity index (χ4v) is 6.17. The second-order valence-corrected chi connectivity index (χ2v) is 11.0. The van der Waals surface area contributed by atoms with Crippen LogP contribution < -0.4 is 9.80 Å². The maximum atomic E-state index is 13.5. The molecule has 0 radical (unpaired) electrons. The van der Waals surface area contributed by atoms with Crippen LogP contribution in [-0.4, -0.2) is 21.5 Å². The van der Waals surface area contributed by atoms with Crippen LogP contribution in [0.4, 0.5) is 23.0 Å². The maximum Gasteiger partial charge on any atom is 0.199 e. The summed E-state index contributed by atoms with van der Waals surface area (Å²) < 4.78 is 0. The lowest BCUT2D eigenvalue weighted by atomic mass is 10.1. The standard InChI is InChI=1S/C32H16Cl4N4O2/c33-25-23-24(26(34)28(36)27(25)35)30(42)19(29(23)41)15-16-22-39(17-9-3-1-4-10-17)31-32(40(22)18-11-5-2-6-12-18)38-21-14-8-7-13-20(21)37-31/h1-16H. The molecule has 0 saturated heterocycles. The van der Waals surface area contributed by atoms with Crippen molar-refractivity contribution in [3.63, 3.8) is 0 Å². The summed E-state index contributed by atoms with van der Waals surface area (Å²) in [5, 5.41) is -0.381. The van der Waals surface area contributed by atoms with E-state index in [0.29, 0.717) is 17.5 Å². The molecule has 0 N–H and O–H groups in total. The minimum Gasteiger partial charge on any atom is -0.288 e. The molecule has 4 aromatic carbocycles. The van der Waals surface area contributed by atoms with E-state index in [0.717, 1.165) is 22.4 Å². The van der Waals surface area contributed by atoms with Crippen molar-refractivity contribution < 1.29 is 9.59 Å². The van der Waals surface area contributed by atoms with Crippen molar-refractivity contribution in [3.8, 4) is 0 Å². The molecule has 1 aliphatic carbocycles. The van der Waals surface area contributed by atoms with Gasteiger partial charge in [0, 0.05) is 11.4 Å². The Hall–Kier alpha value is -4.20. The fourth-order valence-electron chi connectivity index (χ4n) is 5.15. The van der Waals surface area contributed by atoms with Gasteiger partial charge in [0.25, 0.3) is 0 Å². The van der Waals surface area contributed by atoms with E-state index in [9.17, 15) is 9.59 Å². The summed E-state index contributed by atoms with van der Waals surface area (Å²) in [6, 6.07) is 26.9. The number of carbonyl (C=O) groups excluding carboxylic acids is 2. The smallest absolute Gasteiger partial charge is 0.199 e. The summed E-state index contributed by atoms with van der Waals surface area (Å²) in [6.45, 7) is 0. The number of anilines is 4. The maximum absolute atomic E-state index is 13.5. The zero-order chi connectivity index (χ0) is 29.1. The van der Waals surface area contributed by atoms with E-state index in [4.69, 9.17) is 56.4 Å². The van der Waals surface area contributed by atoms with Gasteiger partial charge in [-0.15, -0.1) is 0 Å². The van der Waals surface area contributed by atoms with Crippen molar-refractivity contribution in [2.75, 3.05) is 9.80 Å². The highest BCUT2D eigenvalue weighted by Crippen LogP contribution is 2.49. The molecule has 10 heteroatoms. The molecular formula is C32H16Cl4N4O2. The molecule has 204 valence electrons. The number of ketones is 2. The van der Waals surface area contributed by atoms with Gasteiger partial charge in [-0.05, 0) is 48.6 Å². The van der Waals surface area contributed by atoms with Gasteiger partial charge >= 0.3 is 0 Å². The molecule has 0 fully saturated rings. The van der Waals surface area contributed by atoms with Gasteiger partial charge in [-0.25, -0.2) is 9.97 Å². The number of nitrogens with zero attached hydrogens (tertiary/aromatic N) is 4. The van der Waals surface area contributed by atoms with Gasteiger partial charge < -0.3 is 0 Å². The first-order chi connectivity index (χ1) is 20.4. The average molecular weight is 630 g/mol. The topological polar surface area (TPSA) is 66.4 Å². The lowest BCUT2D eigenvalue weighted by Gasteiger charge is -2.24. The number of halogens is 4. The minimum atomic E-state index is -0.590. The zero-order valence-electron chi connectivity index (χ0n) is 21.4. The number of carbonyl (C=O) groups is 2. The molecule has 6 nitrogen and oxygen atoms in total. The Bertz CT molecular complexity index is 1890. The second kappa shape index (κ2) is 10.3. The third kappa shape index (κ3) is 4.02. The van der Waals surface area contributed by atoms with Crippen LogP contribution in [0, 0.1) is 0 Å². The Morgan fingerprint density at radius 3 is 1.36 bits per heavy atom. The van der Waals surface area contributed by atoms with E-state index in [1.165, 1.54) is 6.08 Å². The molecule has 0 amide bonds. The van der Waals surface area contributed by atoms with Gasteiger partial charge in [0.1, 0.15) is 5.82 Å². The van der Waals surface area contributed by atoms with Crippen molar-refractivity contribution in [2.45, 2.75) is 0 Å². The number of allylic oxidation sites excluding steroid dienone is 3. The van der Waals surface area contributed by atoms with Gasteiger partial charge in [0.15, 0.2) is 23.2 Å². The van der Waals surface area contributed by atoms with Crippen molar-refractivity contribution in [3.05, 3.63) is 140 Å². The van der Waals surface area contributed by atoms with Crippen molar-refractivity contribution in [1.82, 2.24) is 9.97 Å². The van der Waals surface area contributed by atoms with Crippen molar-refractivity contribution >= 4 is 92.0 Å². The van der Waals surface area contributed by atoms with Crippen LogP contribution in [-0.2, 0) is 0 Å². The predicted octanol–water partition coefficient (Wildman–Crippen LogP) is 9.38. The first kappa shape index (κ1) is 26.7. The number of benzene rings is 4. The molecule has 0 bridgehead atoms. The normalized spacial score (nSPS) is 14.1. The molecule has 2 heterocycles. The molecule has 0 saturated carbocycles. The predicted molar refractivity (Wildman–Crippen MR) is 168 cm³/mol. The zero-order valence-corrected chi connectivity index (χ0v) is 24.4. The molecule has 42 heavy (non-hydrogen) atoms. The van der Waals surface area contributed by atoms with Crippen LogP contribution in [0.1, 0.15) is 20.7 Å². The summed E-state index contributed by atoms with van der Waals surface area (Å²) in [7, 11) is 0. The Morgan fingerprint density at radius 2 is 0.929 bits per heavy atom. The van der Waals surface area contributed by atoms with Crippen LogP contribution in [0.5, 0.6) is 0 Å². The number of aromatic nitrogens is 2. The summed E-state index contributed by atoms with van der Waals surface area (Å²) in [6.07, 6.45) is 3.15. The molecule has 5 aromatic rings. The second-order valence-electron chi connectivity index (χ2n) is 9.47. The van der Waals surface area contributed by atoms with Crippen LogP contribution in [0.3, 0.4) is 0 Å². The first-order valence-corrected chi connectivity index (χ1v) is 14.2. The average Bonchev–Trinajstić information content (AvgIpc) is 3.47. The molecule has 0 unspecified atom stereocenters. The summed E-state index contributed by atoms with van der Waals surface area (Å²) in [4.78, 5) is 40.9. The highest BCUT2D eigenvalue weighted by Gasteiger charge is 2.40. The quantitative estimate of drug-likeness (QED) is 0.0857. The van der Waals surface area contributed by atoms with Crippen LogP contribution in [0.2, 0.25) is 20.1 Å². The number of rotatable bonds is 3. The van der Waals surface area contributed by atoms with Gasteiger partial charge in [0.2, 0.25) is 0 Å². The van der Waals surface area contributed by atoms with E-state index >= 15 is 0 Å². The summed E-state index contributed by atoms with van der Waals surface area (Å²) >= 11 is 25.1. The number of fused-ring (bicyclic) bond motifs is 3. The van der Waals surface area contributed by atoms with Gasteiger partial charge in [-0.3, -0.25) is 19.4 Å². The van der Waals surface area contributed by atoms with E-state index in [1.807, 2.05) is 94.7 Å². The molecule has 1 aliphatic heterocycles. The molecule has 0 spiro atoms. The lowest BCUT2D eigenvalue weighted by Crippen LogP contribution is -2.22. The van der Waals surface area contributed by atoms with Crippen LogP contribution >= 0.6 is 46.4 Å². The SMILES string of the molecule is O=C1C(=CC=C2N(c3ccccc3)c3nc4ccccc4nc3N2c2ccccc2)C(=O)c2c(Cl)c(Cl)c(Cl)c(Cl)c21. The summed E-state index contributed by atoms with van der Waals surface area (Å²) in [5.74, 6) is 0.588. The largest absolute Gasteiger partial charge is 0.288 e. The van der Waals surface area contributed by atoms with E-state index in [1.54, 1.807) is 6.08 Å². The minimum absolute atomic E-state index is 0.0603. The third-order valence-corrected chi connectivity index (χ3v) is 8.86. The molecular weight excluding hydrogens is 614 g/mol. The number of para-hydroxylation sites is 4.